The van der Waals surface area contributed by atoms with Gasteiger partial charge in [-0.1, -0.05) is 30.3 Å². The number of rotatable bonds is 7. The van der Waals surface area contributed by atoms with Gasteiger partial charge in [-0.15, -0.1) is 0 Å². The predicted molar refractivity (Wildman–Crippen MR) is 73.5 cm³/mol. The van der Waals surface area contributed by atoms with Crippen LogP contribution in [0.3, 0.4) is 0 Å². The molecule has 0 aliphatic carbocycles. The molecule has 0 heterocycles. The molecule has 1 atom stereocenters. The molecule has 1 rings (SSSR count). The lowest BCUT2D eigenvalue weighted by atomic mass is 10.0. The highest BCUT2D eigenvalue weighted by atomic mass is 16.5. The van der Waals surface area contributed by atoms with Gasteiger partial charge in [-0.25, -0.2) is 0 Å². The topological polar surface area (TPSA) is 53.3 Å². The highest BCUT2D eigenvalue weighted by Gasteiger charge is 2.14. The van der Waals surface area contributed by atoms with E-state index < -0.39 is 0 Å². The molecule has 0 spiro atoms. The standard InChI is InChI=1S/C15H20N2O2/c1-3-19-15(18)9-10-17(2)12-14(11-16)13-7-5-4-6-8-13/h4-8,14H,3,9-10,12H2,1-2H3. The van der Waals surface area contributed by atoms with Crippen LogP contribution in [-0.2, 0) is 9.53 Å². The van der Waals surface area contributed by atoms with E-state index in [4.69, 9.17) is 4.74 Å². The van der Waals surface area contributed by atoms with Crippen molar-refractivity contribution in [1.82, 2.24) is 4.90 Å². The van der Waals surface area contributed by atoms with Crippen LogP contribution >= 0.6 is 0 Å². The van der Waals surface area contributed by atoms with E-state index in [1.165, 1.54) is 0 Å². The first-order valence-corrected chi connectivity index (χ1v) is 6.46. The van der Waals surface area contributed by atoms with E-state index >= 15 is 0 Å². The molecule has 0 saturated carbocycles. The summed E-state index contributed by atoms with van der Waals surface area (Å²) in [6, 6.07) is 12.0. The molecule has 0 fully saturated rings. The number of nitriles is 1. The summed E-state index contributed by atoms with van der Waals surface area (Å²) in [6.07, 6.45) is 0.358. The summed E-state index contributed by atoms with van der Waals surface area (Å²) < 4.78 is 4.88. The Hall–Kier alpha value is -1.86. The molecular formula is C15H20N2O2. The molecule has 0 aliphatic heterocycles. The van der Waals surface area contributed by atoms with Crippen LogP contribution in [-0.4, -0.2) is 37.6 Å². The van der Waals surface area contributed by atoms with E-state index in [-0.39, 0.29) is 11.9 Å². The zero-order valence-electron chi connectivity index (χ0n) is 11.5. The molecule has 19 heavy (non-hydrogen) atoms. The van der Waals surface area contributed by atoms with Crippen LogP contribution in [0.2, 0.25) is 0 Å². The van der Waals surface area contributed by atoms with Crippen molar-refractivity contribution in [2.45, 2.75) is 19.3 Å². The summed E-state index contributed by atoms with van der Waals surface area (Å²) in [4.78, 5) is 13.2. The molecule has 1 aromatic rings. The van der Waals surface area contributed by atoms with Crippen LogP contribution in [0.4, 0.5) is 0 Å². The van der Waals surface area contributed by atoms with Crippen LogP contribution in [0, 0.1) is 11.3 Å². The van der Waals surface area contributed by atoms with Gasteiger partial charge < -0.3 is 9.64 Å². The largest absolute Gasteiger partial charge is 0.466 e. The van der Waals surface area contributed by atoms with Crippen LogP contribution < -0.4 is 0 Å². The quantitative estimate of drug-likeness (QED) is 0.705. The van der Waals surface area contributed by atoms with E-state index in [2.05, 4.69) is 6.07 Å². The molecule has 4 nitrogen and oxygen atoms in total. The molecule has 4 heteroatoms. The fraction of sp³-hybridized carbons (Fsp3) is 0.467. The number of carbonyl (C=O) groups excluding carboxylic acids is 1. The Kier molecular flexibility index (Phi) is 6.62. The SMILES string of the molecule is CCOC(=O)CCN(C)CC(C#N)c1ccccc1. The molecule has 0 radical (unpaired) electrons. The first kappa shape index (κ1) is 15.2. The van der Waals surface area contributed by atoms with Crippen molar-refractivity contribution >= 4 is 5.97 Å². The van der Waals surface area contributed by atoms with E-state index in [0.29, 0.717) is 26.1 Å². The summed E-state index contributed by atoms with van der Waals surface area (Å²) in [5, 5.41) is 9.22. The fourth-order valence-corrected chi connectivity index (χ4v) is 1.82. The molecule has 0 saturated heterocycles. The van der Waals surface area contributed by atoms with Gasteiger partial charge in [-0.3, -0.25) is 4.79 Å². The van der Waals surface area contributed by atoms with Crippen molar-refractivity contribution in [3.8, 4) is 6.07 Å². The van der Waals surface area contributed by atoms with Crippen molar-refractivity contribution < 1.29 is 9.53 Å². The van der Waals surface area contributed by atoms with Gasteiger partial charge in [0.1, 0.15) is 0 Å². The molecule has 0 bridgehead atoms. The maximum atomic E-state index is 11.3. The Labute approximate surface area is 114 Å². The Morgan fingerprint density at radius 2 is 2.11 bits per heavy atom. The van der Waals surface area contributed by atoms with Gasteiger partial charge >= 0.3 is 5.97 Å². The van der Waals surface area contributed by atoms with Gasteiger partial charge in [0.25, 0.3) is 0 Å². The van der Waals surface area contributed by atoms with Crippen molar-refractivity contribution in [3.63, 3.8) is 0 Å². The van der Waals surface area contributed by atoms with Crippen LogP contribution in [0.5, 0.6) is 0 Å². The van der Waals surface area contributed by atoms with Gasteiger partial charge in [-0.2, -0.15) is 5.26 Å². The van der Waals surface area contributed by atoms with Crippen LogP contribution in [0.25, 0.3) is 0 Å². The van der Waals surface area contributed by atoms with Crippen molar-refractivity contribution in [2.75, 3.05) is 26.7 Å². The molecule has 102 valence electrons. The lowest BCUT2D eigenvalue weighted by Crippen LogP contribution is -2.27. The Morgan fingerprint density at radius 1 is 1.42 bits per heavy atom. The smallest absolute Gasteiger partial charge is 0.307 e. The Balaban J connectivity index is 2.44. The average Bonchev–Trinajstić information content (AvgIpc) is 2.44. The van der Waals surface area contributed by atoms with Crippen molar-refractivity contribution in [2.24, 2.45) is 0 Å². The predicted octanol–water partition coefficient (Wildman–Crippen LogP) is 2.18. The van der Waals surface area contributed by atoms with Crippen LogP contribution in [0.15, 0.2) is 30.3 Å². The maximum absolute atomic E-state index is 11.3. The van der Waals surface area contributed by atoms with E-state index in [1.807, 2.05) is 42.3 Å². The molecule has 1 unspecified atom stereocenters. The number of hydrogen-bond donors (Lipinski definition) is 0. The molecular weight excluding hydrogens is 240 g/mol. The lowest BCUT2D eigenvalue weighted by molar-refractivity contribution is -0.143. The third-order valence-corrected chi connectivity index (χ3v) is 2.85. The number of benzene rings is 1. The Bertz CT molecular complexity index is 426. The number of hydrogen-bond acceptors (Lipinski definition) is 4. The first-order valence-electron chi connectivity index (χ1n) is 6.46. The summed E-state index contributed by atoms with van der Waals surface area (Å²) in [5.74, 6) is -0.365. The summed E-state index contributed by atoms with van der Waals surface area (Å²) >= 11 is 0. The zero-order valence-corrected chi connectivity index (χ0v) is 11.5. The monoisotopic (exact) mass is 260 g/mol. The average molecular weight is 260 g/mol. The summed E-state index contributed by atoms with van der Waals surface area (Å²) in [6.45, 7) is 3.42. The van der Waals surface area contributed by atoms with E-state index in [1.54, 1.807) is 6.92 Å². The molecule has 0 aromatic heterocycles. The second-order valence-electron chi connectivity index (χ2n) is 4.41. The zero-order chi connectivity index (χ0) is 14.1. The number of esters is 1. The minimum Gasteiger partial charge on any atom is -0.466 e. The molecule has 0 aliphatic rings. The van der Waals surface area contributed by atoms with Gasteiger partial charge in [0.05, 0.1) is 25.0 Å². The highest BCUT2D eigenvalue weighted by molar-refractivity contribution is 5.69. The van der Waals surface area contributed by atoms with Gasteiger partial charge in [0.15, 0.2) is 0 Å². The van der Waals surface area contributed by atoms with E-state index in [9.17, 15) is 10.1 Å². The number of likely N-dealkylation sites (N-methyl/N-ethyl adjacent to an activating group) is 1. The van der Waals surface area contributed by atoms with Crippen molar-refractivity contribution in [3.05, 3.63) is 35.9 Å². The van der Waals surface area contributed by atoms with Crippen LogP contribution in [0.1, 0.15) is 24.8 Å². The second kappa shape index (κ2) is 8.28. The number of ether oxygens (including phenoxy) is 1. The molecule has 1 aromatic carbocycles. The summed E-state index contributed by atoms with van der Waals surface area (Å²) in [7, 11) is 1.91. The first-order chi connectivity index (χ1) is 9.17. The van der Waals surface area contributed by atoms with E-state index in [0.717, 1.165) is 5.56 Å². The normalized spacial score (nSPS) is 11.9. The minimum absolute atomic E-state index is 0.173. The maximum Gasteiger partial charge on any atom is 0.307 e. The van der Waals surface area contributed by atoms with Gasteiger partial charge in [-0.05, 0) is 19.5 Å². The number of nitrogens with zero attached hydrogens (tertiary/aromatic N) is 2. The van der Waals surface area contributed by atoms with Crippen molar-refractivity contribution in [1.29, 1.82) is 5.26 Å². The third-order valence-electron chi connectivity index (χ3n) is 2.85. The fourth-order valence-electron chi connectivity index (χ4n) is 1.82. The third kappa shape index (κ3) is 5.54. The highest BCUT2D eigenvalue weighted by Crippen LogP contribution is 2.15. The lowest BCUT2D eigenvalue weighted by Gasteiger charge is -2.19. The second-order valence-corrected chi connectivity index (χ2v) is 4.41. The Morgan fingerprint density at radius 3 is 2.68 bits per heavy atom. The minimum atomic E-state index is -0.192. The molecule has 0 N–H and O–H groups in total. The van der Waals surface area contributed by atoms with Gasteiger partial charge in [0, 0.05) is 13.1 Å². The summed E-state index contributed by atoms with van der Waals surface area (Å²) in [5.41, 5.74) is 1.01. The van der Waals surface area contributed by atoms with Gasteiger partial charge in [0.2, 0.25) is 0 Å². The number of carbonyl (C=O) groups is 1. The molecule has 0 amide bonds.